The lowest BCUT2D eigenvalue weighted by atomic mass is 10.0. The predicted octanol–water partition coefficient (Wildman–Crippen LogP) is 3.80. The summed E-state index contributed by atoms with van der Waals surface area (Å²) in [4.78, 5) is 0. The molecule has 5 atom stereocenters. The van der Waals surface area contributed by atoms with E-state index in [0.717, 1.165) is 0 Å². The number of aliphatic hydroxyl groups excluding tert-OH is 1. The van der Waals surface area contributed by atoms with Crippen LogP contribution in [0.4, 0.5) is 0 Å². The molecule has 0 amide bonds. The van der Waals surface area contributed by atoms with Crippen molar-refractivity contribution in [3.05, 3.63) is 0 Å². The Bertz CT molecular complexity index is 415. The summed E-state index contributed by atoms with van der Waals surface area (Å²) in [5, 5.41) is 10.4. The van der Waals surface area contributed by atoms with E-state index in [1.807, 2.05) is 20.8 Å². The van der Waals surface area contributed by atoms with Gasteiger partial charge < -0.3 is 23.7 Å². The Morgan fingerprint density at radius 1 is 0.917 bits per heavy atom. The summed E-state index contributed by atoms with van der Waals surface area (Å²) in [5.41, 5.74) is 1.37. The van der Waals surface area contributed by atoms with Gasteiger partial charge in [0.1, 0.15) is 18.3 Å². The normalized spacial score (nSPS) is 36.6. The number of ether oxygens (including phenoxy) is 3. The monoisotopic (exact) mass is 360 g/mol. The molecule has 0 bridgehead atoms. The summed E-state index contributed by atoms with van der Waals surface area (Å²) in [5.74, 6) is -0.733. The second-order valence-corrected chi connectivity index (χ2v) is 14.1. The summed E-state index contributed by atoms with van der Waals surface area (Å²) < 4.78 is 24.9. The van der Waals surface area contributed by atoms with E-state index in [9.17, 15) is 5.11 Å². The van der Waals surface area contributed by atoms with Crippen LogP contribution in [0, 0.1) is 0 Å². The van der Waals surface area contributed by atoms with Gasteiger partial charge in [0, 0.05) is 0 Å². The minimum absolute atomic E-state index is 0.341. The van der Waals surface area contributed by atoms with E-state index in [0.29, 0.717) is 16.6 Å². The average Bonchev–Trinajstić information content (AvgIpc) is 2.76. The SMILES string of the molecule is CC1O[C@@H](O[Si](C(C)C)(C(C)C)C(C)C)C2OC(C)(C)OC2[C@H]1O. The first-order valence-corrected chi connectivity index (χ1v) is 11.4. The van der Waals surface area contributed by atoms with E-state index in [1.54, 1.807) is 0 Å². The smallest absolute Gasteiger partial charge is 0.203 e. The maximum atomic E-state index is 10.4. The Labute approximate surface area is 148 Å². The highest BCUT2D eigenvalue weighted by molar-refractivity contribution is 6.77. The van der Waals surface area contributed by atoms with E-state index in [4.69, 9.17) is 18.6 Å². The first-order valence-electron chi connectivity index (χ1n) is 9.29. The molecular formula is C18H36O5Si. The van der Waals surface area contributed by atoms with Crippen LogP contribution in [-0.2, 0) is 18.6 Å². The lowest BCUT2D eigenvalue weighted by Gasteiger charge is -2.48. The number of fused-ring (bicyclic) bond motifs is 1. The highest BCUT2D eigenvalue weighted by Crippen LogP contribution is 2.46. The van der Waals surface area contributed by atoms with Crippen LogP contribution in [0.25, 0.3) is 0 Å². The Morgan fingerprint density at radius 3 is 1.83 bits per heavy atom. The van der Waals surface area contributed by atoms with Gasteiger partial charge in [-0.2, -0.15) is 0 Å². The molecule has 0 saturated carbocycles. The van der Waals surface area contributed by atoms with Crippen LogP contribution in [0.1, 0.15) is 62.3 Å². The Morgan fingerprint density at radius 2 is 1.38 bits per heavy atom. The van der Waals surface area contributed by atoms with E-state index >= 15 is 0 Å². The van der Waals surface area contributed by atoms with Crippen molar-refractivity contribution in [3.63, 3.8) is 0 Å². The van der Waals surface area contributed by atoms with Crippen LogP contribution < -0.4 is 0 Å². The van der Waals surface area contributed by atoms with Crippen molar-refractivity contribution in [1.29, 1.82) is 0 Å². The second-order valence-electron chi connectivity index (χ2n) is 8.70. The van der Waals surface area contributed by atoms with E-state index in [1.165, 1.54) is 0 Å². The van der Waals surface area contributed by atoms with Gasteiger partial charge in [-0.25, -0.2) is 0 Å². The van der Waals surface area contributed by atoms with Gasteiger partial charge >= 0.3 is 0 Å². The molecule has 1 N–H and O–H groups in total. The quantitative estimate of drug-likeness (QED) is 0.756. The summed E-state index contributed by atoms with van der Waals surface area (Å²) >= 11 is 0. The van der Waals surface area contributed by atoms with Gasteiger partial charge in [-0.15, -0.1) is 0 Å². The minimum atomic E-state index is -2.12. The fourth-order valence-corrected chi connectivity index (χ4v) is 10.0. The molecule has 2 saturated heterocycles. The van der Waals surface area contributed by atoms with Crippen molar-refractivity contribution in [1.82, 2.24) is 0 Å². The number of rotatable bonds is 5. The molecule has 0 radical (unpaired) electrons. The maximum Gasteiger partial charge on any atom is 0.203 e. The first-order chi connectivity index (χ1) is 10.9. The zero-order valence-corrected chi connectivity index (χ0v) is 17.7. The molecule has 0 aromatic carbocycles. The fourth-order valence-electron chi connectivity index (χ4n) is 4.63. The zero-order chi connectivity index (χ0) is 18.4. The summed E-state index contributed by atoms with van der Waals surface area (Å²) in [6, 6.07) is 0. The largest absolute Gasteiger partial charge is 0.389 e. The van der Waals surface area contributed by atoms with E-state index in [-0.39, 0.29) is 6.10 Å². The number of hydrogen-bond donors (Lipinski definition) is 1. The van der Waals surface area contributed by atoms with Crippen LogP contribution in [-0.4, -0.2) is 49.9 Å². The third-order valence-electron chi connectivity index (χ3n) is 5.63. The van der Waals surface area contributed by atoms with Gasteiger partial charge in [-0.3, -0.25) is 0 Å². The average molecular weight is 361 g/mol. The molecule has 5 nitrogen and oxygen atoms in total. The minimum Gasteiger partial charge on any atom is -0.389 e. The molecule has 142 valence electrons. The molecule has 6 heteroatoms. The molecular weight excluding hydrogens is 324 g/mol. The van der Waals surface area contributed by atoms with Crippen molar-refractivity contribution >= 4 is 8.32 Å². The molecule has 2 aliphatic heterocycles. The summed E-state index contributed by atoms with van der Waals surface area (Å²) in [7, 11) is -2.12. The van der Waals surface area contributed by atoms with Crippen LogP contribution in [0.3, 0.4) is 0 Å². The zero-order valence-electron chi connectivity index (χ0n) is 16.7. The molecule has 0 aromatic rings. The molecule has 2 rings (SSSR count). The molecule has 0 spiro atoms. The highest BCUT2D eigenvalue weighted by Gasteiger charge is 2.57. The molecule has 2 aliphatic rings. The van der Waals surface area contributed by atoms with Crippen molar-refractivity contribution in [2.24, 2.45) is 0 Å². The third kappa shape index (κ3) is 3.46. The van der Waals surface area contributed by atoms with Crippen LogP contribution in [0.15, 0.2) is 0 Å². The van der Waals surface area contributed by atoms with Gasteiger partial charge in [-0.1, -0.05) is 41.5 Å². The predicted molar refractivity (Wildman–Crippen MR) is 96.3 cm³/mol. The number of aliphatic hydroxyl groups is 1. The Kier molecular flexibility index (Phi) is 5.90. The molecule has 24 heavy (non-hydrogen) atoms. The summed E-state index contributed by atoms with van der Waals surface area (Å²) in [6.45, 7) is 19.1. The molecule has 0 aliphatic carbocycles. The molecule has 3 unspecified atom stereocenters. The van der Waals surface area contributed by atoms with E-state index < -0.39 is 38.7 Å². The molecule has 2 heterocycles. The molecule has 2 fully saturated rings. The van der Waals surface area contributed by atoms with Crippen molar-refractivity contribution < 1.29 is 23.7 Å². The fraction of sp³-hybridized carbons (Fsp3) is 1.00. The maximum absolute atomic E-state index is 10.4. The van der Waals surface area contributed by atoms with Gasteiger partial charge in [0.25, 0.3) is 0 Å². The Balaban J connectivity index is 2.32. The van der Waals surface area contributed by atoms with E-state index in [2.05, 4.69) is 41.5 Å². The Hall–Kier alpha value is 0.0169. The standard InChI is InChI=1S/C18H36O5Si/c1-10(2)24(11(3)4,12(5)6)23-17-16-15(14(19)13(7)20-17)21-18(8,9)22-16/h10-17,19H,1-9H3/t13?,14-,15?,16?,17-/m0/s1. The van der Waals surface area contributed by atoms with Crippen molar-refractivity contribution in [3.8, 4) is 0 Å². The van der Waals surface area contributed by atoms with Crippen LogP contribution in [0.2, 0.25) is 16.6 Å². The van der Waals surface area contributed by atoms with Gasteiger partial charge in [-0.05, 0) is 37.4 Å². The second kappa shape index (κ2) is 6.97. The van der Waals surface area contributed by atoms with Gasteiger partial charge in [0.2, 0.25) is 8.32 Å². The topological polar surface area (TPSA) is 57.2 Å². The molecule has 0 aromatic heterocycles. The van der Waals surface area contributed by atoms with Gasteiger partial charge in [0.05, 0.1) is 6.10 Å². The van der Waals surface area contributed by atoms with Gasteiger partial charge in [0.15, 0.2) is 12.1 Å². The lowest BCUT2D eigenvalue weighted by Crippen LogP contribution is -2.60. The first kappa shape index (κ1) is 20.3. The van der Waals surface area contributed by atoms with Crippen molar-refractivity contribution in [2.75, 3.05) is 0 Å². The van der Waals surface area contributed by atoms with Crippen LogP contribution >= 0.6 is 0 Å². The lowest BCUT2D eigenvalue weighted by molar-refractivity contribution is -0.246. The summed E-state index contributed by atoms with van der Waals surface area (Å²) in [6.07, 6.45) is -2.34. The van der Waals surface area contributed by atoms with Crippen LogP contribution in [0.5, 0.6) is 0 Å². The van der Waals surface area contributed by atoms with Crippen molar-refractivity contribution in [2.45, 2.75) is 115 Å². The number of hydrogen-bond acceptors (Lipinski definition) is 5. The third-order valence-corrected chi connectivity index (χ3v) is 11.7. The highest BCUT2D eigenvalue weighted by atomic mass is 28.4.